The molecule has 0 saturated carbocycles. The van der Waals surface area contributed by atoms with E-state index in [2.05, 4.69) is 9.97 Å². The average molecular weight is 320 g/mol. The third-order valence-electron chi connectivity index (χ3n) is 3.40. The number of carbonyl (C=O) groups is 1. The molecule has 1 N–H and O–H groups in total. The minimum absolute atomic E-state index is 0.0549. The zero-order chi connectivity index (χ0) is 15.5. The molecule has 1 aliphatic rings. The molecule has 1 aromatic carbocycles. The fourth-order valence-corrected chi connectivity index (χ4v) is 2.49. The van der Waals surface area contributed by atoms with Gasteiger partial charge in [-0.15, -0.1) is 0 Å². The standard InChI is InChI=1S/C15H14ClN3O3/c16-11-3-1-2-10(8-11)13-12(14(20)21)9-17-15(18-13)19-4-6-22-7-5-19/h1-3,8-9H,4-7H2,(H,20,21). The maximum atomic E-state index is 11.4. The summed E-state index contributed by atoms with van der Waals surface area (Å²) in [6.07, 6.45) is 1.34. The highest BCUT2D eigenvalue weighted by molar-refractivity contribution is 6.30. The van der Waals surface area contributed by atoms with Gasteiger partial charge >= 0.3 is 5.97 Å². The molecule has 7 heteroatoms. The minimum atomic E-state index is -1.07. The molecule has 1 saturated heterocycles. The Kier molecular flexibility index (Phi) is 4.22. The molecule has 6 nitrogen and oxygen atoms in total. The quantitative estimate of drug-likeness (QED) is 0.935. The smallest absolute Gasteiger partial charge is 0.339 e. The van der Waals surface area contributed by atoms with Crippen molar-refractivity contribution in [2.45, 2.75) is 0 Å². The number of morpholine rings is 1. The highest BCUT2D eigenvalue weighted by Gasteiger charge is 2.19. The monoisotopic (exact) mass is 319 g/mol. The number of ether oxygens (including phenoxy) is 1. The van der Waals surface area contributed by atoms with Gasteiger partial charge in [0.1, 0.15) is 5.56 Å². The summed E-state index contributed by atoms with van der Waals surface area (Å²) in [5.74, 6) is -0.563. The lowest BCUT2D eigenvalue weighted by Gasteiger charge is -2.27. The maximum Gasteiger partial charge on any atom is 0.339 e. The summed E-state index contributed by atoms with van der Waals surface area (Å²) in [7, 11) is 0. The fraction of sp³-hybridized carbons (Fsp3) is 0.267. The van der Waals surface area contributed by atoms with Crippen LogP contribution in [0.25, 0.3) is 11.3 Å². The first kappa shape index (κ1) is 14.7. The van der Waals surface area contributed by atoms with Gasteiger partial charge < -0.3 is 14.7 Å². The highest BCUT2D eigenvalue weighted by atomic mass is 35.5. The van der Waals surface area contributed by atoms with E-state index in [0.29, 0.717) is 48.5 Å². The molecule has 0 radical (unpaired) electrons. The van der Waals surface area contributed by atoms with E-state index in [4.69, 9.17) is 16.3 Å². The lowest BCUT2D eigenvalue weighted by molar-refractivity contribution is 0.0697. The number of benzene rings is 1. The van der Waals surface area contributed by atoms with Crippen LogP contribution in [0, 0.1) is 0 Å². The van der Waals surface area contributed by atoms with Crippen molar-refractivity contribution in [2.24, 2.45) is 0 Å². The molecule has 0 atom stereocenters. The van der Waals surface area contributed by atoms with Crippen LogP contribution in [0.2, 0.25) is 5.02 Å². The second kappa shape index (κ2) is 6.29. The second-order valence-electron chi connectivity index (χ2n) is 4.85. The van der Waals surface area contributed by atoms with Crippen molar-refractivity contribution >= 4 is 23.5 Å². The van der Waals surface area contributed by atoms with Gasteiger partial charge in [-0.1, -0.05) is 23.7 Å². The van der Waals surface area contributed by atoms with Crippen LogP contribution in [0.1, 0.15) is 10.4 Å². The minimum Gasteiger partial charge on any atom is -0.478 e. The fourth-order valence-electron chi connectivity index (χ4n) is 2.30. The van der Waals surface area contributed by atoms with E-state index in [1.807, 2.05) is 4.90 Å². The number of halogens is 1. The molecule has 1 aromatic heterocycles. The Hall–Kier alpha value is -2.18. The number of nitrogens with zero attached hydrogens (tertiary/aromatic N) is 3. The summed E-state index contributed by atoms with van der Waals surface area (Å²) in [5.41, 5.74) is 1.08. The molecular formula is C15H14ClN3O3. The van der Waals surface area contributed by atoms with Gasteiger partial charge in [0.2, 0.25) is 5.95 Å². The van der Waals surface area contributed by atoms with Gasteiger partial charge in [-0.05, 0) is 12.1 Å². The molecule has 0 bridgehead atoms. The van der Waals surface area contributed by atoms with Crippen LogP contribution in [0.4, 0.5) is 5.95 Å². The number of aromatic carboxylic acids is 1. The number of hydrogen-bond donors (Lipinski definition) is 1. The zero-order valence-electron chi connectivity index (χ0n) is 11.7. The Morgan fingerprint density at radius 2 is 2.09 bits per heavy atom. The largest absolute Gasteiger partial charge is 0.478 e. The summed E-state index contributed by atoms with van der Waals surface area (Å²) in [5, 5.41) is 9.88. The van der Waals surface area contributed by atoms with Crippen molar-refractivity contribution in [3.05, 3.63) is 41.0 Å². The SMILES string of the molecule is O=C(O)c1cnc(N2CCOCC2)nc1-c1cccc(Cl)c1. The number of rotatable bonds is 3. The first-order valence-electron chi connectivity index (χ1n) is 6.84. The van der Waals surface area contributed by atoms with Gasteiger partial charge in [-0.25, -0.2) is 14.8 Å². The Labute approximate surface area is 132 Å². The lowest BCUT2D eigenvalue weighted by Crippen LogP contribution is -2.37. The van der Waals surface area contributed by atoms with Crippen molar-refractivity contribution in [2.75, 3.05) is 31.2 Å². The van der Waals surface area contributed by atoms with Crippen LogP contribution in [0.5, 0.6) is 0 Å². The van der Waals surface area contributed by atoms with Gasteiger partial charge in [0.05, 0.1) is 18.9 Å². The van der Waals surface area contributed by atoms with E-state index < -0.39 is 5.97 Å². The molecule has 1 aliphatic heterocycles. The number of carboxylic acids is 1. The predicted octanol–water partition coefficient (Wildman–Crippen LogP) is 2.33. The number of carboxylic acid groups (broad SMARTS) is 1. The molecule has 0 unspecified atom stereocenters. The molecule has 0 amide bonds. The van der Waals surface area contributed by atoms with Gasteiger partial charge in [0.25, 0.3) is 0 Å². The number of aromatic nitrogens is 2. The van der Waals surface area contributed by atoms with Gasteiger partial charge in [-0.3, -0.25) is 0 Å². The van der Waals surface area contributed by atoms with E-state index >= 15 is 0 Å². The van der Waals surface area contributed by atoms with Crippen molar-refractivity contribution in [1.29, 1.82) is 0 Å². The predicted molar refractivity (Wildman–Crippen MR) is 82.5 cm³/mol. The zero-order valence-corrected chi connectivity index (χ0v) is 12.5. The van der Waals surface area contributed by atoms with E-state index in [0.717, 1.165) is 0 Å². The lowest BCUT2D eigenvalue weighted by atomic mass is 10.1. The van der Waals surface area contributed by atoms with Crippen molar-refractivity contribution < 1.29 is 14.6 Å². The van der Waals surface area contributed by atoms with Crippen LogP contribution < -0.4 is 4.90 Å². The normalized spacial score (nSPS) is 14.9. The molecule has 22 heavy (non-hydrogen) atoms. The first-order valence-corrected chi connectivity index (χ1v) is 7.22. The van der Waals surface area contributed by atoms with Gasteiger partial charge in [0.15, 0.2) is 0 Å². The maximum absolute atomic E-state index is 11.4. The van der Waals surface area contributed by atoms with Crippen LogP contribution in [-0.4, -0.2) is 47.3 Å². The van der Waals surface area contributed by atoms with Crippen molar-refractivity contribution in [1.82, 2.24) is 9.97 Å². The summed E-state index contributed by atoms with van der Waals surface area (Å²) in [6, 6.07) is 6.97. The van der Waals surface area contributed by atoms with Gasteiger partial charge in [-0.2, -0.15) is 0 Å². The first-order chi connectivity index (χ1) is 10.6. The van der Waals surface area contributed by atoms with Crippen LogP contribution in [0.15, 0.2) is 30.5 Å². The van der Waals surface area contributed by atoms with E-state index in [1.165, 1.54) is 6.20 Å². The molecule has 0 aliphatic carbocycles. The van der Waals surface area contributed by atoms with Crippen molar-refractivity contribution in [3.8, 4) is 11.3 Å². The Morgan fingerprint density at radius 3 is 2.77 bits per heavy atom. The third-order valence-corrected chi connectivity index (χ3v) is 3.63. The molecular weight excluding hydrogens is 306 g/mol. The Balaban J connectivity index is 2.06. The summed E-state index contributed by atoms with van der Waals surface area (Å²) < 4.78 is 5.30. The molecule has 3 rings (SSSR count). The van der Waals surface area contributed by atoms with E-state index in [9.17, 15) is 9.90 Å². The molecule has 0 spiro atoms. The number of anilines is 1. The average Bonchev–Trinajstić information content (AvgIpc) is 2.55. The van der Waals surface area contributed by atoms with Crippen LogP contribution >= 0.6 is 11.6 Å². The van der Waals surface area contributed by atoms with Crippen LogP contribution in [-0.2, 0) is 4.74 Å². The molecule has 114 valence electrons. The molecule has 1 fully saturated rings. The van der Waals surface area contributed by atoms with Gasteiger partial charge in [0, 0.05) is 29.9 Å². The Bertz CT molecular complexity index is 702. The second-order valence-corrected chi connectivity index (χ2v) is 5.28. The third kappa shape index (κ3) is 3.03. The summed E-state index contributed by atoms with van der Waals surface area (Å²) >= 11 is 6.00. The molecule has 2 aromatic rings. The molecule has 2 heterocycles. The summed E-state index contributed by atoms with van der Waals surface area (Å²) in [4.78, 5) is 22.0. The van der Waals surface area contributed by atoms with E-state index in [-0.39, 0.29) is 5.56 Å². The van der Waals surface area contributed by atoms with E-state index in [1.54, 1.807) is 24.3 Å². The number of hydrogen-bond acceptors (Lipinski definition) is 5. The summed E-state index contributed by atoms with van der Waals surface area (Å²) in [6.45, 7) is 2.58. The topological polar surface area (TPSA) is 75.5 Å². The van der Waals surface area contributed by atoms with Crippen LogP contribution in [0.3, 0.4) is 0 Å². The van der Waals surface area contributed by atoms with Crippen molar-refractivity contribution in [3.63, 3.8) is 0 Å². The highest BCUT2D eigenvalue weighted by Crippen LogP contribution is 2.26. The Morgan fingerprint density at radius 1 is 1.32 bits per heavy atom.